The lowest BCUT2D eigenvalue weighted by Crippen LogP contribution is -2.16. The molecule has 13 nitrogen and oxygen atoms in total. The number of benzene rings is 1. The van der Waals surface area contributed by atoms with E-state index in [1.165, 1.54) is 28.6 Å². The second-order valence-corrected chi connectivity index (χ2v) is 6.07. The Hall–Kier alpha value is -4.29. The van der Waals surface area contributed by atoms with Gasteiger partial charge in [-0.2, -0.15) is 10.2 Å². The molecule has 150 valence electrons. The third-order valence-electron chi connectivity index (χ3n) is 4.12. The molecule has 0 bridgehead atoms. The number of amides is 1. The second-order valence-electron chi connectivity index (χ2n) is 6.07. The molecule has 2 heterocycles. The van der Waals surface area contributed by atoms with E-state index >= 15 is 0 Å². The van der Waals surface area contributed by atoms with E-state index in [0.29, 0.717) is 5.69 Å². The molecule has 0 spiro atoms. The Morgan fingerprint density at radius 2 is 1.90 bits per heavy atom. The van der Waals surface area contributed by atoms with Gasteiger partial charge in [0.2, 0.25) is 0 Å². The Balaban J connectivity index is 1.78. The van der Waals surface area contributed by atoms with Gasteiger partial charge >= 0.3 is 5.69 Å². The van der Waals surface area contributed by atoms with E-state index in [1.807, 2.05) is 0 Å². The molecule has 0 aliphatic rings. The number of rotatable bonds is 6. The maximum absolute atomic E-state index is 12.3. The number of hydrogen-bond acceptors (Lipinski definition) is 8. The van der Waals surface area contributed by atoms with E-state index < -0.39 is 15.8 Å². The van der Waals surface area contributed by atoms with Crippen LogP contribution in [0.3, 0.4) is 0 Å². The van der Waals surface area contributed by atoms with Crippen LogP contribution in [0.4, 0.5) is 17.1 Å². The molecule has 2 N–H and O–H groups in total. The number of phenolic OH excluding ortho intramolecular Hbond substituents is 1. The molecule has 0 aliphatic heterocycles. The second kappa shape index (κ2) is 7.38. The normalized spacial score (nSPS) is 10.7. The summed E-state index contributed by atoms with van der Waals surface area (Å²) < 4.78 is 2.74. The molecule has 0 saturated heterocycles. The SMILES string of the molecule is Cc1nn(Cn2ccc(C(=O)Nc3cc([N+](=O)[O-])ccc3O)n2)c(C)c1[N+](=O)[O-]. The first kappa shape index (κ1) is 19.5. The van der Waals surface area contributed by atoms with Gasteiger partial charge in [0.25, 0.3) is 11.6 Å². The quantitative estimate of drug-likeness (QED) is 0.358. The van der Waals surface area contributed by atoms with Crippen LogP contribution in [0.25, 0.3) is 0 Å². The van der Waals surface area contributed by atoms with Crippen LogP contribution in [0.2, 0.25) is 0 Å². The molecule has 0 unspecified atom stereocenters. The summed E-state index contributed by atoms with van der Waals surface area (Å²) in [4.78, 5) is 33.1. The summed E-state index contributed by atoms with van der Waals surface area (Å²) in [5, 5.41) is 42.2. The van der Waals surface area contributed by atoms with Gasteiger partial charge in [-0.25, -0.2) is 4.68 Å². The van der Waals surface area contributed by atoms with E-state index in [1.54, 1.807) is 6.92 Å². The summed E-state index contributed by atoms with van der Waals surface area (Å²) in [5.74, 6) is -1.03. The van der Waals surface area contributed by atoms with Gasteiger partial charge in [-0.1, -0.05) is 0 Å². The molecule has 0 aliphatic carbocycles. The number of nitrogens with one attached hydrogen (secondary N) is 1. The van der Waals surface area contributed by atoms with Gasteiger partial charge < -0.3 is 10.4 Å². The Morgan fingerprint density at radius 1 is 1.17 bits per heavy atom. The van der Waals surface area contributed by atoms with E-state index in [0.717, 1.165) is 18.2 Å². The molecule has 3 aromatic rings. The highest BCUT2D eigenvalue weighted by molar-refractivity contribution is 6.03. The highest BCUT2D eigenvalue weighted by Gasteiger charge is 2.22. The number of aryl methyl sites for hydroxylation is 1. The Morgan fingerprint density at radius 3 is 2.52 bits per heavy atom. The zero-order chi connectivity index (χ0) is 21.3. The van der Waals surface area contributed by atoms with Crippen LogP contribution in [-0.4, -0.2) is 40.4 Å². The van der Waals surface area contributed by atoms with Gasteiger partial charge in [0.15, 0.2) is 5.69 Å². The standard InChI is InChI=1S/C16H15N7O6/c1-9-15(23(28)29)10(2)21(18-9)8-20-6-5-12(19-20)16(25)17-13-7-11(22(26)27)3-4-14(13)24/h3-7,24H,8H2,1-2H3,(H,17,25). The number of carbonyl (C=O) groups excluding carboxylic acids is 1. The lowest BCUT2D eigenvalue weighted by molar-refractivity contribution is -0.386. The maximum atomic E-state index is 12.3. The summed E-state index contributed by atoms with van der Waals surface area (Å²) >= 11 is 0. The van der Waals surface area contributed by atoms with Crippen molar-refractivity contribution in [3.8, 4) is 5.75 Å². The number of nitrogens with zero attached hydrogens (tertiary/aromatic N) is 6. The number of hydrogen-bond donors (Lipinski definition) is 2. The monoisotopic (exact) mass is 401 g/mol. The van der Waals surface area contributed by atoms with Crippen molar-refractivity contribution in [1.29, 1.82) is 0 Å². The van der Waals surface area contributed by atoms with Crippen molar-refractivity contribution < 1.29 is 19.7 Å². The van der Waals surface area contributed by atoms with Crippen LogP contribution < -0.4 is 5.32 Å². The van der Waals surface area contributed by atoms with Gasteiger partial charge in [-0.3, -0.25) is 29.7 Å². The minimum atomic E-state index is -0.695. The van der Waals surface area contributed by atoms with Gasteiger partial charge in [-0.05, 0) is 26.0 Å². The number of carbonyl (C=O) groups is 1. The summed E-state index contributed by atoms with van der Waals surface area (Å²) in [6, 6.07) is 4.62. The average molecular weight is 401 g/mol. The van der Waals surface area contributed by atoms with Crippen molar-refractivity contribution >= 4 is 23.0 Å². The van der Waals surface area contributed by atoms with Crippen molar-refractivity contribution in [2.45, 2.75) is 20.5 Å². The van der Waals surface area contributed by atoms with Crippen molar-refractivity contribution in [3.05, 3.63) is 67.8 Å². The van der Waals surface area contributed by atoms with Gasteiger partial charge in [0.1, 0.15) is 23.8 Å². The zero-order valence-corrected chi connectivity index (χ0v) is 15.3. The largest absolute Gasteiger partial charge is 0.506 e. The van der Waals surface area contributed by atoms with Crippen molar-refractivity contribution in [1.82, 2.24) is 19.6 Å². The number of nitro benzene ring substituents is 1. The Bertz CT molecular complexity index is 1130. The molecule has 0 fully saturated rings. The summed E-state index contributed by atoms with van der Waals surface area (Å²) in [6.45, 7) is 3.12. The molecule has 3 rings (SSSR count). The van der Waals surface area contributed by atoms with Crippen LogP contribution in [0.5, 0.6) is 5.75 Å². The van der Waals surface area contributed by atoms with Crippen LogP contribution in [0.15, 0.2) is 30.5 Å². The molecular formula is C16H15N7O6. The fraction of sp³-hybridized carbons (Fsp3) is 0.188. The minimum Gasteiger partial charge on any atom is -0.506 e. The van der Waals surface area contributed by atoms with Crippen molar-refractivity contribution in [3.63, 3.8) is 0 Å². The lowest BCUT2D eigenvalue weighted by atomic mass is 10.2. The number of aromatic nitrogens is 4. The van der Waals surface area contributed by atoms with E-state index in [2.05, 4.69) is 15.5 Å². The number of nitro groups is 2. The average Bonchev–Trinajstić information content (AvgIpc) is 3.21. The van der Waals surface area contributed by atoms with Crippen LogP contribution in [0.1, 0.15) is 21.9 Å². The minimum absolute atomic E-state index is 0.0214. The molecular weight excluding hydrogens is 386 g/mol. The zero-order valence-electron chi connectivity index (χ0n) is 15.3. The summed E-state index contributed by atoms with van der Waals surface area (Å²) in [7, 11) is 0. The van der Waals surface area contributed by atoms with E-state index in [9.17, 15) is 30.1 Å². The Labute approximate surface area is 162 Å². The highest BCUT2D eigenvalue weighted by atomic mass is 16.6. The number of phenols is 1. The van der Waals surface area contributed by atoms with E-state index in [-0.39, 0.29) is 40.9 Å². The van der Waals surface area contributed by atoms with E-state index in [4.69, 9.17) is 0 Å². The van der Waals surface area contributed by atoms with Gasteiger partial charge in [-0.15, -0.1) is 0 Å². The third kappa shape index (κ3) is 3.87. The predicted molar refractivity (Wildman–Crippen MR) is 98.7 cm³/mol. The molecule has 0 radical (unpaired) electrons. The molecule has 1 amide bonds. The summed E-state index contributed by atoms with van der Waals surface area (Å²) in [6.07, 6.45) is 1.48. The number of non-ortho nitro benzene ring substituents is 1. The van der Waals surface area contributed by atoms with Crippen LogP contribution in [0, 0.1) is 34.1 Å². The highest BCUT2D eigenvalue weighted by Crippen LogP contribution is 2.28. The van der Waals surface area contributed by atoms with Crippen molar-refractivity contribution in [2.24, 2.45) is 0 Å². The first-order valence-corrected chi connectivity index (χ1v) is 8.18. The first-order valence-electron chi connectivity index (χ1n) is 8.18. The number of aromatic hydroxyl groups is 1. The molecule has 2 aromatic heterocycles. The number of anilines is 1. The molecule has 0 saturated carbocycles. The third-order valence-corrected chi connectivity index (χ3v) is 4.12. The van der Waals surface area contributed by atoms with Crippen LogP contribution in [-0.2, 0) is 6.67 Å². The molecule has 29 heavy (non-hydrogen) atoms. The topological polar surface area (TPSA) is 171 Å². The smallest absolute Gasteiger partial charge is 0.312 e. The maximum Gasteiger partial charge on any atom is 0.312 e. The molecule has 0 atom stereocenters. The first-order chi connectivity index (χ1) is 13.7. The van der Waals surface area contributed by atoms with Crippen molar-refractivity contribution in [2.75, 3.05) is 5.32 Å². The van der Waals surface area contributed by atoms with Gasteiger partial charge in [0, 0.05) is 18.3 Å². The fourth-order valence-corrected chi connectivity index (χ4v) is 2.71. The van der Waals surface area contributed by atoms with Crippen LogP contribution >= 0.6 is 0 Å². The Kier molecular flexibility index (Phi) is 4.95. The lowest BCUT2D eigenvalue weighted by Gasteiger charge is -2.06. The predicted octanol–water partition coefficient (Wildman–Crippen LogP) is 1.98. The molecule has 13 heteroatoms. The molecule has 1 aromatic carbocycles. The fourth-order valence-electron chi connectivity index (χ4n) is 2.71. The van der Waals surface area contributed by atoms with Gasteiger partial charge in [0.05, 0.1) is 15.5 Å². The summed E-state index contributed by atoms with van der Waals surface area (Å²) in [5.41, 5.74) is 0.0696.